The number of hydrogen-bond donors (Lipinski definition) is 1. The third kappa shape index (κ3) is 3.35. The fourth-order valence-electron chi connectivity index (χ4n) is 3.19. The molecule has 1 heterocycles. The molecule has 2 amide bonds. The maximum atomic E-state index is 13.1. The highest BCUT2D eigenvalue weighted by Gasteiger charge is 2.35. The Kier molecular flexibility index (Phi) is 5.11. The van der Waals surface area contributed by atoms with Gasteiger partial charge in [0, 0.05) is 18.7 Å². The molecule has 0 aromatic heterocycles. The number of rotatable bonds is 4. The second-order valence-corrected chi connectivity index (χ2v) is 6.18. The number of carbonyl (C=O) groups is 2. The quantitative estimate of drug-likeness (QED) is 0.915. The van der Waals surface area contributed by atoms with Crippen LogP contribution in [0.4, 0.5) is 0 Å². The van der Waals surface area contributed by atoms with E-state index in [9.17, 15) is 9.59 Å². The van der Waals surface area contributed by atoms with Crippen molar-refractivity contribution in [1.82, 2.24) is 10.2 Å². The Bertz CT molecular complexity index is 834. The van der Waals surface area contributed by atoms with Crippen molar-refractivity contribution >= 4 is 11.8 Å². The first-order valence-electron chi connectivity index (χ1n) is 8.42. The molecule has 1 atom stereocenters. The molecule has 3 rings (SSSR count). The van der Waals surface area contributed by atoms with Crippen LogP contribution in [0, 0.1) is 6.92 Å². The number of piperazine rings is 1. The summed E-state index contributed by atoms with van der Waals surface area (Å²) in [4.78, 5) is 27.3. The van der Waals surface area contributed by atoms with Gasteiger partial charge in [-0.05, 0) is 30.7 Å². The van der Waals surface area contributed by atoms with Crippen molar-refractivity contribution in [3.63, 3.8) is 0 Å². The summed E-state index contributed by atoms with van der Waals surface area (Å²) in [5.74, 6) is 0.644. The van der Waals surface area contributed by atoms with Gasteiger partial charge in [0.1, 0.15) is 6.04 Å². The molecule has 2 aromatic carbocycles. The normalized spacial score (nSPS) is 16.8. The maximum Gasteiger partial charge on any atom is 0.255 e. The second-order valence-electron chi connectivity index (χ2n) is 6.18. The molecule has 0 aliphatic carbocycles. The van der Waals surface area contributed by atoms with Crippen LogP contribution in [0.25, 0.3) is 0 Å². The number of aryl methyl sites for hydroxylation is 1. The monoisotopic (exact) mass is 354 g/mol. The van der Waals surface area contributed by atoms with Gasteiger partial charge >= 0.3 is 0 Å². The van der Waals surface area contributed by atoms with Gasteiger partial charge in [-0.1, -0.05) is 29.8 Å². The van der Waals surface area contributed by atoms with Crippen molar-refractivity contribution in [3.8, 4) is 11.5 Å². The molecule has 1 unspecified atom stereocenters. The van der Waals surface area contributed by atoms with E-state index in [0.29, 0.717) is 30.2 Å². The van der Waals surface area contributed by atoms with Crippen LogP contribution in [-0.4, -0.2) is 44.0 Å². The second kappa shape index (κ2) is 7.47. The van der Waals surface area contributed by atoms with Crippen LogP contribution in [-0.2, 0) is 4.79 Å². The summed E-state index contributed by atoms with van der Waals surface area (Å²) in [6.07, 6.45) is 0. The molecule has 6 heteroatoms. The molecule has 1 saturated heterocycles. The SMILES string of the molecule is COc1ccc(C(=O)N2CCNC(=O)C2c2cccc(C)c2)cc1OC. The third-order valence-corrected chi connectivity index (χ3v) is 4.46. The molecule has 2 aromatic rings. The van der Waals surface area contributed by atoms with Crippen LogP contribution < -0.4 is 14.8 Å². The number of nitrogens with one attached hydrogen (secondary N) is 1. The van der Waals surface area contributed by atoms with E-state index in [1.165, 1.54) is 7.11 Å². The highest BCUT2D eigenvalue weighted by molar-refractivity contribution is 5.99. The molecule has 136 valence electrons. The Labute approximate surface area is 152 Å². The zero-order valence-corrected chi connectivity index (χ0v) is 15.1. The largest absolute Gasteiger partial charge is 0.493 e. The summed E-state index contributed by atoms with van der Waals surface area (Å²) in [6, 6.07) is 12.0. The van der Waals surface area contributed by atoms with Crippen LogP contribution >= 0.6 is 0 Å². The van der Waals surface area contributed by atoms with Gasteiger partial charge in [-0.3, -0.25) is 9.59 Å². The highest BCUT2D eigenvalue weighted by Crippen LogP contribution is 2.30. The molecule has 1 fully saturated rings. The molecule has 0 radical (unpaired) electrons. The predicted molar refractivity (Wildman–Crippen MR) is 97.5 cm³/mol. The summed E-state index contributed by atoms with van der Waals surface area (Å²) in [5.41, 5.74) is 2.30. The molecular formula is C20H22N2O4. The van der Waals surface area contributed by atoms with Crippen molar-refractivity contribution in [1.29, 1.82) is 0 Å². The Morgan fingerprint density at radius 3 is 2.58 bits per heavy atom. The Morgan fingerprint density at radius 2 is 1.88 bits per heavy atom. The van der Waals surface area contributed by atoms with Crippen molar-refractivity contribution in [2.24, 2.45) is 0 Å². The van der Waals surface area contributed by atoms with Gasteiger partial charge in [0.05, 0.1) is 14.2 Å². The minimum absolute atomic E-state index is 0.171. The van der Waals surface area contributed by atoms with Gasteiger partial charge in [-0.15, -0.1) is 0 Å². The number of benzene rings is 2. The van der Waals surface area contributed by atoms with E-state index in [2.05, 4.69) is 5.32 Å². The number of hydrogen-bond acceptors (Lipinski definition) is 4. The molecule has 0 spiro atoms. The fraction of sp³-hybridized carbons (Fsp3) is 0.300. The van der Waals surface area contributed by atoms with E-state index in [1.807, 2.05) is 31.2 Å². The number of amides is 2. The van der Waals surface area contributed by atoms with Gasteiger partial charge in [0.25, 0.3) is 5.91 Å². The van der Waals surface area contributed by atoms with E-state index >= 15 is 0 Å². The lowest BCUT2D eigenvalue weighted by Gasteiger charge is -2.35. The van der Waals surface area contributed by atoms with Crippen LogP contribution in [0.3, 0.4) is 0 Å². The van der Waals surface area contributed by atoms with Crippen molar-refractivity contribution in [3.05, 3.63) is 59.2 Å². The van der Waals surface area contributed by atoms with Crippen molar-refractivity contribution < 1.29 is 19.1 Å². The Morgan fingerprint density at radius 1 is 1.12 bits per heavy atom. The first kappa shape index (κ1) is 17.8. The van der Waals surface area contributed by atoms with E-state index < -0.39 is 6.04 Å². The molecule has 0 saturated carbocycles. The average molecular weight is 354 g/mol. The van der Waals surface area contributed by atoms with Crippen LogP contribution in [0.2, 0.25) is 0 Å². The minimum atomic E-state index is -0.649. The Hall–Kier alpha value is -3.02. The number of methoxy groups -OCH3 is 2. The topological polar surface area (TPSA) is 67.9 Å². The third-order valence-electron chi connectivity index (χ3n) is 4.46. The minimum Gasteiger partial charge on any atom is -0.493 e. The first-order chi connectivity index (χ1) is 12.5. The number of carbonyl (C=O) groups excluding carboxylic acids is 2. The fourth-order valence-corrected chi connectivity index (χ4v) is 3.19. The van der Waals surface area contributed by atoms with Gasteiger partial charge in [-0.2, -0.15) is 0 Å². The molecule has 1 aliphatic heterocycles. The van der Waals surface area contributed by atoms with Crippen LogP contribution in [0.15, 0.2) is 42.5 Å². The van der Waals surface area contributed by atoms with E-state index in [1.54, 1.807) is 30.2 Å². The van der Waals surface area contributed by atoms with Crippen molar-refractivity contribution in [2.75, 3.05) is 27.3 Å². The zero-order chi connectivity index (χ0) is 18.7. The molecule has 1 N–H and O–H groups in total. The summed E-state index contributed by atoms with van der Waals surface area (Å²) in [5, 5.41) is 2.85. The van der Waals surface area contributed by atoms with Gasteiger partial charge in [0.2, 0.25) is 5.91 Å². The molecule has 0 bridgehead atoms. The first-order valence-corrected chi connectivity index (χ1v) is 8.42. The lowest BCUT2D eigenvalue weighted by Crippen LogP contribution is -2.52. The molecular weight excluding hydrogens is 332 g/mol. The Balaban J connectivity index is 1.97. The zero-order valence-electron chi connectivity index (χ0n) is 15.1. The summed E-state index contributed by atoms with van der Waals surface area (Å²) in [6.45, 7) is 2.84. The van der Waals surface area contributed by atoms with Gasteiger partial charge in [0.15, 0.2) is 11.5 Å². The lowest BCUT2D eigenvalue weighted by molar-refractivity contribution is -0.128. The smallest absolute Gasteiger partial charge is 0.255 e. The van der Waals surface area contributed by atoms with E-state index in [0.717, 1.165) is 11.1 Å². The van der Waals surface area contributed by atoms with Gasteiger partial charge < -0.3 is 19.7 Å². The maximum absolute atomic E-state index is 13.1. The van der Waals surface area contributed by atoms with E-state index in [4.69, 9.17) is 9.47 Å². The molecule has 1 aliphatic rings. The standard InChI is InChI=1S/C20H22N2O4/c1-13-5-4-6-14(11-13)18-19(23)21-9-10-22(18)20(24)15-7-8-16(25-2)17(12-15)26-3/h4-8,11-12,18H,9-10H2,1-3H3,(H,21,23). The summed E-state index contributed by atoms with van der Waals surface area (Å²) < 4.78 is 10.5. The highest BCUT2D eigenvalue weighted by atomic mass is 16.5. The van der Waals surface area contributed by atoms with Crippen molar-refractivity contribution in [2.45, 2.75) is 13.0 Å². The number of nitrogens with zero attached hydrogens (tertiary/aromatic N) is 1. The lowest BCUT2D eigenvalue weighted by atomic mass is 9.99. The summed E-state index contributed by atoms with van der Waals surface area (Å²) >= 11 is 0. The molecule has 26 heavy (non-hydrogen) atoms. The number of ether oxygens (including phenoxy) is 2. The molecule has 6 nitrogen and oxygen atoms in total. The van der Waals surface area contributed by atoms with E-state index in [-0.39, 0.29) is 11.8 Å². The van der Waals surface area contributed by atoms with Gasteiger partial charge in [-0.25, -0.2) is 0 Å². The van der Waals surface area contributed by atoms with Crippen LogP contribution in [0.5, 0.6) is 11.5 Å². The average Bonchev–Trinajstić information content (AvgIpc) is 2.66. The summed E-state index contributed by atoms with van der Waals surface area (Å²) in [7, 11) is 3.07. The predicted octanol–water partition coefficient (Wildman–Crippen LogP) is 2.33. The van der Waals surface area contributed by atoms with Crippen LogP contribution in [0.1, 0.15) is 27.5 Å².